The maximum atomic E-state index is 12.7. The molecule has 0 spiro atoms. The third-order valence-corrected chi connectivity index (χ3v) is 6.63. The van der Waals surface area contributed by atoms with Crippen molar-refractivity contribution in [2.45, 2.75) is 19.9 Å². The number of amides is 4. The molecule has 39 heavy (non-hydrogen) atoms. The van der Waals surface area contributed by atoms with Crippen molar-refractivity contribution in [2.75, 3.05) is 55.4 Å². The van der Waals surface area contributed by atoms with Gasteiger partial charge in [0.25, 0.3) is 0 Å². The van der Waals surface area contributed by atoms with Crippen molar-refractivity contribution in [1.29, 1.82) is 0 Å². The van der Waals surface area contributed by atoms with Crippen LogP contribution in [-0.4, -0.2) is 67.5 Å². The van der Waals surface area contributed by atoms with E-state index in [1.807, 2.05) is 78.9 Å². The highest BCUT2D eigenvalue weighted by atomic mass is 16.5. The van der Waals surface area contributed by atoms with E-state index in [-0.39, 0.29) is 24.4 Å². The van der Waals surface area contributed by atoms with Gasteiger partial charge in [-0.05, 0) is 54.1 Å². The zero-order chi connectivity index (χ0) is 27.6. The average Bonchev–Trinajstić information content (AvgIpc) is 2.98. The van der Waals surface area contributed by atoms with Crippen LogP contribution in [0.1, 0.15) is 18.9 Å². The molecule has 1 heterocycles. The smallest absolute Gasteiger partial charge is 0.321 e. The predicted octanol–water partition coefficient (Wildman–Crippen LogP) is 4.43. The summed E-state index contributed by atoms with van der Waals surface area (Å²) in [7, 11) is 1.61. The van der Waals surface area contributed by atoms with Crippen LogP contribution in [0.5, 0.6) is 5.75 Å². The van der Waals surface area contributed by atoms with E-state index < -0.39 is 0 Å². The second kappa shape index (κ2) is 13.3. The molecule has 9 heteroatoms. The summed E-state index contributed by atoms with van der Waals surface area (Å²) in [6, 6.07) is 24.4. The standard InChI is InChI=1S/C30H35N5O4/c1-3-29(37)35(21-23-7-5-4-6-8-23)22-28(36)31-24-9-13-26(14-10-24)33-17-19-34(20-18-33)30(38)32-25-11-15-27(39-2)16-12-25/h4-16H,3,17-22H2,1-2H3,(H,31,36)(H,32,38). The summed E-state index contributed by atoms with van der Waals surface area (Å²) in [5, 5.41) is 5.83. The van der Waals surface area contributed by atoms with Gasteiger partial charge in [-0.3, -0.25) is 9.59 Å². The summed E-state index contributed by atoms with van der Waals surface area (Å²) >= 11 is 0. The SMILES string of the molecule is CCC(=O)N(CC(=O)Nc1ccc(N2CCN(C(=O)Nc3ccc(OC)cc3)CC2)cc1)Cc1ccccc1. The number of hydrogen-bond acceptors (Lipinski definition) is 5. The Morgan fingerprint density at radius 1 is 0.821 bits per heavy atom. The molecule has 4 amide bonds. The Morgan fingerprint density at radius 2 is 1.44 bits per heavy atom. The number of piperazine rings is 1. The molecular weight excluding hydrogens is 494 g/mol. The number of carbonyl (C=O) groups is 3. The molecule has 2 N–H and O–H groups in total. The first-order valence-electron chi connectivity index (χ1n) is 13.1. The third-order valence-electron chi connectivity index (χ3n) is 6.63. The molecule has 3 aromatic rings. The van der Waals surface area contributed by atoms with Gasteiger partial charge < -0.3 is 30.1 Å². The first-order valence-corrected chi connectivity index (χ1v) is 13.1. The van der Waals surface area contributed by atoms with Crippen molar-refractivity contribution in [2.24, 2.45) is 0 Å². The monoisotopic (exact) mass is 529 g/mol. The van der Waals surface area contributed by atoms with E-state index in [9.17, 15) is 14.4 Å². The highest BCUT2D eigenvalue weighted by molar-refractivity contribution is 5.94. The summed E-state index contributed by atoms with van der Waals surface area (Å²) in [5.41, 5.74) is 3.40. The van der Waals surface area contributed by atoms with E-state index in [0.717, 1.165) is 22.7 Å². The molecule has 4 rings (SSSR count). The first kappa shape index (κ1) is 27.5. The molecular formula is C30H35N5O4. The fourth-order valence-electron chi connectivity index (χ4n) is 4.43. The van der Waals surface area contributed by atoms with Gasteiger partial charge in [-0.15, -0.1) is 0 Å². The van der Waals surface area contributed by atoms with Gasteiger partial charge in [-0.1, -0.05) is 37.3 Å². The normalized spacial score (nSPS) is 13.0. The van der Waals surface area contributed by atoms with Gasteiger partial charge in [-0.25, -0.2) is 4.79 Å². The van der Waals surface area contributed by atoms with Crippen LogP contribution in [0.2, 0.25) is 0 Å². The van der Waals surface area contributed by atoms with Gasteiger partial charge in [-0.2, -0.15) is 0 Å². The minimum atomic E-state index is -0.239. The van der Waals surface area contributed by atoms with Gasteiger partial charge in [0.1, 0.15) is 12.3 Å². The maximum Gasteiger partial charge on any atom is 0.321 e. The molecule has 0 bridgehead atoms. The van der Waals surface area contributed by atoms with E-state index in [0.29, 0.717) is 44.8 Å². The predicted molar refractivity (Wildman–Crippen MR) is 153 cm³/mol. The van der Waals surface area contributed by atoms with Crippen molar-refractivity contribution in [3.05, 3.63) is 84.4 Å². The van der Waals surface area contributed by atoms with Crippen LogP contribution in [0.25, 0.3) is 0 Å². The van der Waals surface area contributed by atoms with E-state index in [1.165, 1.54) is 0 Å². The highest BCUT2D eigenvalue weighted by Crippen LogP contribution is 2.21. The van der Waals surface area contributed by atoms with Gasteiger partial charge >= 0.3 is 6.03 Å². The molecule has 9 nitrogen and oxygen atoms in total. The molecule has 0 radical (unpaired) electrons. The molecule has 3 aromatic carbocycles. The zero-order valence-electron chi connectivity index (χ0n) is 22.4. The molecule has 0 atom stereocenters. The summed E-state index contributed by atoms with van der Waals surface area (Å²) in [5.74, 6) is 0.432. The van der Waals surface area contributed by atoms with Gasteiger partial charge in [0.05, 0.1) is 7.11 Å². The van der Waals surface area contributed by atoms with Crippen LogP contribution >= 0.6 is 0 Å². The molecule has 0 aromatic heterocycles. The summed E-state index contributed by atoms with van der Waals surface area (Å²) < 4.78 is 5.15. The number of nitrogens with one attached hydrogen (secondary N) is 2. The van der Waals surface area contributed by atoms with Crippen molar-refractivity contribution < 1.29 is 19.1 Å². The third kappa shape index (κ3) is 7.73. The Kier molecular flexibility index (Phi) is 9.39. The topological polar surface area (TPSA) is 94.2 Å². The quantitative estimate of drug-likeness (QED) is 0.428. The molecule has 0 aliphatic carbocycles. The number of urea groups is 1. The van der Waals surface area contributed by atoms with Gasteiger partial charge in [0, 0.05) is 56.2 Å². The number of benzene rings is 3. The van der Waals surface area contributed by atoms with Crippen LogP contribution in [0, 0.1) is 0 Å². The number of hydrogen-bond donors (Lipinski definition) is 2. The number of carbonyl (C=O) groups excluding carboxylic acids is 3. The van der Waals surface area contributed by atoms with E-state index in [1.54, 1.807) is 23.8 Å². The maximum absolute atomic E-state index is 12.7. The van der Waals surface area contributed by atoms with Crippen molar-refractivity contribution in [1.82, 2.24) is 9.80 Å². The fraction of sp³-hybridized carbons (Fsp3) is 0.300. The summed E-state index contributed by atoms with van der Waals surface area (Å²) in [6.07, 6.45) is 0.339. The molecule has 1 saturated heterocycles. The van der Waals surface area contributed by atoms with E-state index in [2.05, 4.69) is 15.5 Å². The van der Waals surface area contributed by atoms with Crippen LogP contribution in [0.15, 0.2) is 78.9 Å². The Labute approximate surface area is 229 Å². The van der Waals surface area contributed by atoms with Crippen molar-refractivity contribution >= 4 is 34.9 Å². The lowest BCUT2D eigenvalue weighted by Crippen LogP contribution is -2.50. The summed E-state index contributed by atoms with van der Waals surface area (Å²) in [4.78, 5) is 43.4. The van der Waals surface area contributed by atoms with Crippen molar-refractivity contribution in [3.8, 4) is 5.75 Å². The number of anilines is 3. The lowest BCUT2D eigenvalue weighted by molar-refractivity contribution is -0.135. The van der Waals surface area contributed by atoms with E-state index in [4.69, 9.17) is 4.74 Å². The highest BCUT2D eigenvalue weighted by Gasteiger charge is 2.22. The minimum Gasteiger partial charge on any atom is -0.497 e. The Morgan fingerprint density at radius 3 is 2.05 bits per heavy atom. The number of ether oxygens (including phenoxy) is 1. The number of rotatable bonds is 9. The molecule has 0 saturated carbocycles. The van der Waals surface area contributed by atoms with Crippen molar-refractivity contribution in [3.63, 3.8) is 0 Å². The second-order valence-corrected chi connectivity index (χ2v) is 9.32. The average molecular weight is 530 g/mol. The van der Waals surface area contributed by atoms with Gasteiger partial charge in [0.2, 0.25) is 11.8 Å². The van der Waals surface area contributed by atoms with Crippen LogP contribution < -0.4 is 20.3 Å². The number of methoxy groups -OCH3 is 1. The second-order valence-electron chi connectivity index (χ2n) is 9.32. The Hall–Kier alpha value is -4.53. The molecule has 1 aliphatic heterocycles. The molecule has 1 fully saturated rings. The molecule has 1 aliphatic rings. The molecule has 0 unspecified atom stereocenters. The lowest BCUT2D eigenvalue weighted by Gasteiger charge is -2.36. The van der Waals surface area contributed by atoms with Crippen LogP contribution in [0.3, 0.4) is 0 Å². The largest absolute Gasteiger partial charge is 0.497 e. The fourth-order valence-corrected chi connectivity index (χ4v) is 4.43. The Balaban J connectivity index is 1.26. The number of nitrogens with zero attached hydrogens (tertiary/aromatic N) is 3. The Bertz CT molecular complexity index is 1240. The zero-order valence-corrected chi connectivity index (χ0v) is 22.4. The van der Waals surface area contributed by atoms with E-state index >= 15 is 0 Å². The van der Waals surface area contributed by atoms with Gasteiger partial charge in [0.15, 0.2) is 0 Å². The summed E-state index contributed by atoms with van der Waals surface area (Å²) in [6.45, 7) is 4.79. The van der Waals surface area contributed by atoms with Crippen LogP contribution in [-0.2, 0) is 16.1 Å². The first-order chi connectivity index (χ1) is 18.9. The minimum absolute atomic E-state index is 0.0101. The van der Waals surface area contributed by atoms with Crippen LogP contribution in [0.4, 0.5) is 21.9 Å². The lowest BCUT2D eigenvalue weighted by atomic mass is 10.2. The molecule has 204 valence electrons.